The Morgan fingerprint density at radius 1 is 1.19 bits per heavy atom. The van der Waals surface area contributed by atoms with Gasteiger partial charge >= 0.3 is 0 Å². The first-order valence-electron chi connectivity index (χ1n) is 8.80. The first-order valence-corrected chi connectivity index (χ1v) is 8.80. The molecule has 1 aromatic carbocycles. The van der Waals surface area contributed by atoms with Gasteiger partial charge in [-0.05, 0) is 29.9 Å². The minimum absolute atomic E-state index is 0.550. The van der Waals surface area contributed by atoms with Crippen molar-refractivity contribution < 1.29 is 0 Å². The van der Waals surface area contributed by atoms with Crippen LogP contribution >= 0.6 is 0 Å². The maximum atomic E-state index is 4.77. The number of aromatic amines is 1. The molecule has 2 N–H and O–H groups in total. The molecule has 3 heterocycles. The van der Waals surface area contributed by atoms with E-state index >= 15 is 0 Å². The second kappa shape index (κ2) is 5.94. The quantitative estimate of drug-likeness (QED) is 0.580. The second-order valence-corrected chi connectivity index (χ2v) is 6.80. The molecule has 0 saturated heterocycles. The van der Waals surface area contributed by atoms with Gasteiger partial charge in [-0.15, -0.1) is 0 Å². The molecule has 1 saturated carbocycles. The highest BCUT2D eigenvalue weighted by molar-refractivity contribution is 5.78. The number of anilines is 2. The summed E-state index contributed by atoms with van der Waals surface area (Å²) in [7, 11) is 1.88. The van der Waals surface area contributed by atoms with Crippen molar-refractivity contribution in [2.45, 2.75) is 25.2 Å². The van der Waals surface area contributed by atoms with Crippen LogP contribution < -0.4 is 5.32 Å². The second-order valence-electron chi connectivity index (χ2n) is 6.80. The molecule has 3 aromatic heterocycles. The minimum Gasteiger partial charge on any atom is -0.321 e. The molecule has 0 spiro atoms. The molecule has 1 aliphatic rings. The molecule has 0 radical (unpaired) electrons. The third-order valence-corrected chi connectivity index (χ3v) is 4.78. The van der Waals surface area contributed by atoms with Gasteiger partial charge in [0.1, 0.15) is 0 Å². The zero-order valence-electron chi connectivity index (χ0n) is 14.5. The Kier molecular flexibility index (Phi) is 3.44. The molecule has 0 bridgehead atoms. The number of aromatic nitrogens is 6. The van der Waals surface area contributed by atoms with Crippen LogP contribution in [0.25, 0.3) is 11.0 Å². The lowest BCUT2D eigenvalue weighted by Gasteiger charge is -2.10. The maximum absolute atomic E-state index is 4.77. The molecule has 130 valence electrons. The maximum Gasteiger partial charge on any atom is 0.229 e. The Labute approximate surface area is 150 Å². The van der Waals surface area contributed by atoms with Gasteiger partial charge in [0, 0.05) is 19.7 Å². The number of hydrogen-bond acceptors (Lipinski definition) is 5. The number of H-pyrrole nitrogens is 1. The van der Waals surface area contributed by atoms with Gasteiger partial charge < -0.3 is 5.32 Å². The molecule has 0 unspecified atom stereocenters. The number of rotatable bonds is 5. The lowest BCUT2D eigenvalue weighted by Crippen LogP contribution is -2.03. The van der Waals surface area contributed by atoms with Crippen molar-refractivity contribution in [3.05, 3.63) is 59.7 Å². The summed E-state index contributed by atoms with van der Waals surface area (Å²) in [5.74, 6) is 1.26. The molecule has 1 aliphatic carbocycles. The van der Waals surface area contributed by atoms with Crippen LogP contribution in [-0.4, -0.2) is 29.9 Å². The van der Waals surface area contributed by atoms with Crippen molar-refractivity contribution >= 4 is 22.7 Å². The van der Waals surface area contributed by atoms with E-state index in [0.29, 0.717) is 11.9 Å². The SMILES string of the molecule is Cn1cc(Nc2nc(Cc3ccccc3C3CC3)c3cn[nH]c3n2)cn1. The predicted octanol–water partition coefficient (Wildman–Crippen LogP) is 3.30. The third kappa shape index (κ3) is 2.81. The molecule has 1 fully saturated rings. The summed E-state index contributed by atoms with van der Waals surface area (Å²) in [6.45, 7) is 0. The predicted molar refractivity (Wildman–Crippen MR) is 99.4 cm³/mol. The van der Waals surface area contributed by atoms with E-state index in [4.69, 9.17) is 4.98 Å². The molecule has 7 heteroatoms. The van der Waals surface area contributed by atoms with E-state index in [1.54, 1.807) is 17.1 Å². The Hall–Kier alpha value is -3.22. The Morgan fingerprint density at radius 2 is 2.08 bits per heavy atom. The number of nitrogens with one attached hydrogen (secondary N) is 2. The highest BCUT2D eigenvalue weighted by Gasteiger charge is 2.26. The van der Waals surface area contributed by atoms with Gasteiger partial charge in [-0.1, -0.05) is 24.3 Å². The monoisotopic (exact) mass is 345 g/mol. The minimum atomic E-state index is 0.550. The standard InChI is InChI=1S/C19H19N7/c1-26-11-14(9-21-26)22-19-23-17(16-10-20-25-18(16)24-19)8-13-4-2-3-5-15(13)12-6-7-12/h2-5,9-12H,6-8H2,1H3,(H2,20,22,23,24,25). The van der Waals surface area contributed by atoms with Gasteiger partial charge in [0.2, 0.25) is 5.95 Å². The van der Waals surface area contributed by atoms with Crippen LogP contribution in [0.1, 0.15) is 35.6 Å². The van der Waals surface area contributed by atoms with Crippen LogP contribution in [0.3, 0.4) is 0 Å². The van der Waals surface area contributed by atoms with Crippen molar-refractivity contribution in [1.29, 1.82) is 0 Å². The van der Waals surface area contributed by atoms with Crippen molar-refractivity contribution in [2.24, 2.45) is 7.05 Å². The number of aryl methyl sites for hydroxylation is 1. The van der Waals surface area contributed by atoms with E-state index in [0.717, 1.165) is 28.8 Å². The fraction of sp³-hybridized carbons (Fsp3) is 0.263. The van der Waals surface area contributed by atoms with Gasteiger partial charge in [0.15, 0.2) is 5.65 Å². The van der Waals surface area contributed by atoms with E-state index < -0.39 is 0 Å². The van der Waals surface area contributed by atoms with Crippen molar-refractivity contribution in [3.8, 4) is 0 Å². The van der Waals surface area contributed by atoms with Crippen LogP contribution in [-0.2, 0) is 13.5 Å². The van der Waals surface area contributed by atoms with E-state index in [2.05, 4.69) is 49.9 Å². The number of nitrogens with zero attached hydrogens (tertiary/aromatic N) is 5. The van der Waals surface area contributed by atoms with Crippen molar-refractivity contribution in [3.63, 3.8) is 0 Å². The smallest absolute Gasteiger partial charge is 0.229 e. The lowest BCUT2D eigenvalue weighted by molar-refractivity contribution is 0.768. The zero-order chi connectivity index (χ0) is 17.5. The van der Waals surface area contributed by atoms with Crippen LogP contribution in [0.5, 0.6) is 0 Å². The molecule has 0 aliphatic heterocycles. The van der Waals surface area contributed by atoms with Gasteiger partial charge in [0.25, 0.3) is 0 Å². The highest BCUT2D eigenvalue weighted by Crippen LogP contribution is 2.42. The van der Waals surface area contributed by atoms with Gasteiger partial charge in [-0.3, -0.25) is 9.78 Å². The zero-order valence-corrected chi connectivity index (χ0v) is 14.5. The average molecular weight is 345 g/mol. The van der Waals surface area contributed by atoms with E-state index in [9.17, 15) is 0 Å². The Balaban J connectivity index is 1.53. The third-order valence-electron chi connectivity index (χ3n) is 4.78. The Morgan fingerprint density at radius 3 is 2.88 bits per heavy atom. The Bertz CT molecular complexity index is 1070. The largest absolute Gasteiger partial charge is 0.321 e. The first-order chi connectivity index (χ1) is 12.8. The fourth-order valence-electron chi connectivity index (χ4n) is 3.37. The fourth-order valence-corrected chi connectivity index (χ4v) is 3.37. The van der Waals surface area contributed by atoms with Crippen LogP contribution in [0.15, 0.2) is 42.9 Å². The average Bonchev–Trinajstić information content (AvgIpc) is 3.23. The van der Waals surface area contributed by atoms with E-state index in [-0.39, 0.29) is 0 Å². The summed E-state index contributed by atoms with van der Waals surface area (Å²) in [4.78, 5) is 9.31. The normalized spacial score (nSPS) is 14.0. The molecule has 4 aromatic rings. The lowest BCUT2D eigenvalue weighted by atomic mass is 9.98. The van der Waals surface area contributed by atoms with Gasteiger partial charge in [0.05, 0.1) is 29.2 Å². The van der Waals surface area contributed by atoms with Crippen LogP contribution in [0.4, 0.5) is 11.6 Å². The summed E-state index contributed by atoms with van der Waals surface area (Å²) in [5, 5.41) is 15.5. The molecule has 5 rings (SSSR count). The number of fused-ring (bicyclic) bond motifs is 1. The van der Waals surface area contributed by atoms with Crippen molar-refractivity contribution in [1.82, 2.24) is 29.9 Å². The molecule has 0 atom stereocenters. The van der Waals surface area contributed by atoms with E-state index in [1.165, 1.54) is 24.0 Å². The first kappa shape index (κ1) is 15.1. The molecular formula is C19H19N7. The molecule has 26 heavy (non-hydrogen) atoms. The summed E-state index contributed by atoms with van der Waals surface area (Å²) in [5.41, 5.74) is 5.36. The molecule has 7 nitrogen and oxygen atoms in total. The van der Waals surface area contributed by atoms with Gasteiger partial charge in [-0.25, -0.2) is 4.98 Å². The summed E-state index contributed by atoms with van der Waals surface area (Å²) >= 11 is 0. The van der Waals surface area contributed by atoms with E-state index in [1.807, 2.05) is 13.2 Å². The van der Waals surface area contributed by atoms with Crippen molar-refractivity contribution in [2.75, 3.05) is 5.32 Å². The molecular weight excluding hydrogens is 326 g/mol. The topological polar surface area (TPSA) is 84.3 Å². The van der Waals surface area contributed by atoms with Crippen LogP contribution in [0, 0.1) is 0 Å². The summed E-state index contributed by atoms with van der Waals surface area (Å²) in [6.07, 6.45) is 8.79. The number of hydrogen-bond donors (Lipinski definition) is 2. The summed E-state index contributed by atoms with van der Waals surface area (Å²) in [6, 6.07) is 8.68. The summed E-state index contributed by atoms with van der Waals surface area (Å²) < 4.78 is 1.74. The van der Waals surface area contributed by atoms with Gasteiger partial charge in [-0.2, -0.15) is 15.2 Å². The highest BCUT2D eigenvalue weighted by atomic mass is 15.3. The number of benzene rings is 1. The van der Waals surface area contributed by atoms with Crippen LogP contribution in [0.2, 0.25) is 0 Å². The molecule has 0 amide bonds.